The van der Waals surface area contributed by atoms with E-state index in [9.17, 15) is 9.59 Å². The summed E-state index contributed by atoms with van der Waals surface area (Å²) in [6.07, 6.45) is -0.00953. The van der Waals surface area contributed by atoms with Crippen LogP contribution < -0.4 is 5.32 Å². The van der Waals surface area contributed by atoms with Crippen molar-refractivity contribution in [3.8, 4) is 0 Å². The average molecular weight is 315 g/mol. The lowest BCUT2D eigenvalue weighted by molar-refractivity contribution is -0.129. The third kappa shape index (κ3) is 4.03. The molecule has 1 aromatic heterocycles. The Hall–Kier alpha value is -2.50. The summed E-state index contributed by atoms with van der Waals surface area (Å²) in [5.74, 6) is -0.849. The summed E-state index contributed by atoms with van der Waals surface area (Å²) >= 11 is 0. The van der Waals surface area contributed by atoms with E-state index in [0.717, 1.165) is 23.3 Å². The van der Waals surface area contributed by atoms with Crippen LogP contribution in [-0.2, 0) is 9.53 Å². The zero-order chi connectivity index (χ0) is 17.0. The summed E-state index contributed by atoms with van der Waals surface area (Å²) < 4.78 is 5.20. The van der Waals surface area contributed by atoms with Crippen LogP contribution in [0.4, 0.5) is 0 Å². The highest BCUT2D eigenvalue weighted by atomic mass is 16.5. The van der Waals surface area contributed by atoms with E-state index in [1.54, 1.807) is 25.1 Å². The van der Waals surface area contributed by atoms with Gasteiger partial charge in [0.15, 0.2) is 6.10 Å². The summed E-state index contributed by atoms with van der Waals surface area (Å²) in [5.41, 5.74) is 3.37. The Morgan fingerprint density at radius 2 is 1.83 bits per heavy atom. The van der Waals surface area contributed by atoms with E-state index < -0.39 is 12.1 Å². The maximum Gasteiger partial charge on any atom is 0.338 e. The monoisotopic (exact) mass is 315 g/mol. The molecule has 0 aliphatic rings. The molecule has 0 saturated carbocycles. The van der Waals surface area contributed by atoms with Crippen molar-refractivity contribution in [2.75, 3.05) is 6.54 Å². The van der Waals surface area contributed by atoms with Crippen LogP contribution in [0.5, 0.6) is 0 Å². The van der Waals surface area contributed by atoms with Crippen LogP contribution in [0.3, 0.4) is 0 Å². The second-order valence-electron chi connectivity index (χ2n) is 5.44. The van der Waals surface area contributed by atoms with Crippen molar-refractivity contribution in [3.63, 3.8) is 0 Å². The summed E-state index contributed by atoms with van der Waals surface area (Å²) in [6.45, 7) is 7.83. The van der Waals surface area contributed by atoms with Gasteiger partial charge >= 0.3 is 5.97 Å². The van der Waals surface area contributed by atoms with Gasteiger partial charge in [0.25, 0.3) is 5.91 Å². The predicted octanol–water partition coefficient (Wildman–Crippen LogP) is 2.32. The third-order valence-electron chi connectivity index (χ3n) is 3.51. The Morgan fingerprint density at radius 1 is 1.17 bits per heavy atom. The quantitative estimate of drug-likeness (QED) is 0.856. The van der Waals surface area contributed by atoms with Crippen molar-refractivity contribution in [3.05, 3.63) is 35.2 Å². The molecule has 0 saturated heterocycles. The Kier molecular flexibility index (Phi) is 5.26. The Labute approximate surface area is 135 Å². The van der Waals surface area contributed by atoms with Gasteiger partial charge in [0.2, 0.25) is 0 Å². The SMILES string of the molecule is CCCNC(=O)C(C)OC(=O)c1ccc2nc(C)c(C)nc2c1. The van der Waals surface area contributed by atoms with Gasteiger partial charge in [-0.2, -0.15) is 0 Å². The van der Waals surface area contributed by atoms with Gasteiger partial charge in [-0.15, -0.1) is 0 Å². The number of fused-ring (bicyclic) bond motifs is 1. The van der Waals surface area contributed by atoms with Gasteiger partial charge in [-0.25, -0.2) is 14.8 Å². The zero-order valence-corrected chi connectivity index (χ0v) is 13.8. The summed E-state index contributed by atoms with van der Waals surface area (Å²) in [7, 11) is 0. The number of carbonyl (C=O) groups is 2. The smallest absolute Gasteiger partial charge is 0.338 e. The van der Waals surface area contributed by atoms with Crippen LogP contribution in [0.2, 0.25) is 0 Å². The Balaban J connectivity index is 2.14. The summed E-state index contributed by atoms with van der Waals surface area (Å²) in [4.78, 5) is 32.8. The minimum atomic E-state index is -0.837. The molecule has 0 spiro atoms. The van der Waals surface area contributed by atoms with Crippen LogP contribution in [0.25, 0.3) is 11.0 Å². The number of aryl methyl sites for hydroxylation is 2. The Bertz CT molecular complexity index is 743. The molecule has 1 heterocycles. The number of hydrogen-bond acceptors (Lipinski definition) is 5. The number of esters is 1. The third-order valence-corrected chi connectivity index (χ3v) is 3.51. The average Bonchev–Trinajstić information content (AvgIpc) is 2.53. The molecule has 2 rings (SSSR count). The number of amides is 1. The number of carbonyl (C=O) groups excluding carboxylic acids is 2. The first-order valence-corrected chi connectivity index (χ1v) is 7.66. The highest BCUT2D eigenvalue weighted by molar-refractivity contribution is 5.95. The van der Waals surface area contributed by atoms with Crippen molar-refractivity contribution < 1.29 is 14.3 Å². The maximum absolute atomic E-state index is 12.2. The number of hydrogen-bond donors (Lipinski definition) is 1. The molecular weight excluding hydrogens is 294 g/mol. The lowest BCUT2D eigenvalue weighted by Gasteiger charge is -2.13. The fraction of sp³-hybridized carbons (Fsp3) is 0.412. The standard InChI is InChI=1S/C17H21N3O3/c1-5-8-18-16(21)12(4)23-17(22)13-6-7-14-15(9-13)20-11(3)10(2)19-14/h6-7,9,12H,5,8H2,1-4H3,(H,18,21). The van der Waals surface area contributed by atoms with Crippen LogP contribution in [-0.4, -0.2) is 34.5 Å². The molecule has 0 aliphatic heterocycles. The lowest BCUT2D eigenvalue weighted by Crippen LogP contribution is -2.36. The minimum absolute atomic E-state index is 0.299. The predicted molar refractivity (Wildman–Crippen MR) is 87.2 cm³/mol. The van der Waals surface area contributed by atoms with Crippen molar-refractivity contribution in [1.29, 1.82) is 0 Å². The van der Waals surface area contributed by atoms with Crippen molar-refractivity contribution in [2.45, 2.75) is 40.2 Å². The molecule has 0 bridgehead atoms. The largest absolute Gasteiger partial charge is 0.449 e. The van der Waals surface area contributed by atoms with E-state index in [2.05, 4.69) is 15.3 Å². The normalized spacial score (nSPS) is 12.0. The molecule has 23 heavy (non-hydrogen) atoms. The number of nitrogens with zero attached hydrogens (tertiary/aromatic N) is 2. The molecule has 122 valence electrons. The van der Waals surface area contributed by atoms with E-state index in [-0.39, 0.29) is 5.91 Å². The summed E-state index contributed by atoms with van der Waals surface area (Å²) in [6, 6.07) is 4.99. The highest BCUT2D eigenvalue weighted by Crippen LogP contribution is 2.15. The molecule has 1 aromatic carbocycles. The topological polar surface area (TPSA) is 81.2 Å². The van der Waals surface area contributed by atoms with Crippen LogP contribution >= 0.6 is 0 Å². The van der Waals surface area contributed by atoms with Gasteiger partial charge in [0.05, 0.1) is 28.0 Å². The van der Waals surface area contributed by atoms with Gasteiger partial charge < -0.3 is 10.1 Å². The highest BCUT2D eigenvalue weighted by Gasteiger charge is 2.19. The van der Waals surface area contributed by atoms with Crippen LogP contribution in [0.1, 0.15) is 42.0 Å². The van der Waals surface area contributed by atoms with Gasteiger partial charge in [0.1, 0.15) is 0 Å². The van der Waals surface area contributed by atoms with Crippen LogP contribution in [0, 0.1) is 13.8 Å². The zero-order valence-electron chi connectivity index (χ0n) is 13.8. The molecule has 1 unspecified atom stereocenters. The summed E-state index contributed by atoms with van der Waals surface area (Å²) in [5, 5.41) is 2.69. The second-order valence-corrected chi connectivity index (χ2v) is 5.44. The number of ether oxygens (including phenoxy) is 1. The first-order valence-electron chi connectivity index (χ1n) is 7.66. The number of benzene rings is 1. The fourth-order valence-electron chi connectivity index (χ4n) is 2.03. The van der Waals surface area contributed by atoms with E-state index >= 15 is 0 Å². The van der Waals surface area contributed by atoms with Crippen molar-refractivity contribution in [2.24, 2.45) is 0 Å². The molecule has 1 amide bonds. The van der Waals surface area contributed by atoms with E-state index in [0.29, 0.717) is 17.6 Å². The molecule has 2 aromatic rings. The van der Waals surface area contributed by atoms with Crippen LogP contribution in [0.15, 0.2) is 18.2 Å². The molecule has 0 radical (unpaired) electrons. The fourth-order valence-corrected chi connectivity index (χ4v) is 2.03. The molecule has 0 aliphatic carbocycles. The molecule has 1 atom stereocenters. The number of rotatable bonds is 5. The van der Waals surface area contributed by atoms with Crippen molar-refractivity contribution in [1.82, 2.24) is 15.3 Å². The first kappa shape index (κ1) is 16.9. The Morgan fingerprint density at radius 3 is 2.48 bits per heavy atom. The molecule has 6 nitrogen and oxygen atoms in total. The number of nitrogens with one attached hydrogen (secondary N) is 1. The molecule has 6 heteroatoms. The van der Waals surface area contributed by atoms with Gasteiger partial charge in [-0.1, -0.05) is 6.92 Å². The molecule has 0 fully saturated rings. The van der Waals surface area contributed by atoms with E-state index in [4.69, 9.17) is 4.74 Å². The van der Waals surface area contributed by atoms with Gasteiger partial charge in [0, 0.05) is 6.54 Å². The second kappa shape index (κ2) is 7.17. The van der Waals surface area contributed by atoms with Gasteiger partial charge in [-0.3, -0.25) is 4.79 Å². The van der Waals surface area contributed by atoms with Gasteiger partial charge in [-0.05, 0) is 45.4 Å². The van der Waals surface area contributed by atoms with E-state index in [1.807, 2.05) is 20.8 Å². The van der Waals surface area contributed by atoms with Crippen molar-refractivity contribution >= 4 is 22.9 Å². The lowest BCUT2D eigenvalue weighted by atomic mass is 10.2. The first-order chi connectivity index (χ1) is 10.9. The molecule has 1 N–H and O–H groups in total. The van der Waals surface area contributed by atoms with E-state index in [1.165, 1.54) is 0 Å². The maximum atomic E-state index is 12.2. The molecular formula is C17H21N3O3. The number of aromatic nitrogens is 2. The minimum Gasteiger partial charge on any atom is -0.449 e.